The lowest BCUT2D eigenvalue weighted by atomic mass is 10.2. The van der Waals surface area contributed by atoms with Crippen LogP contribution in [0.2, 0.25) is 0 Å². The molecule has 0 saturated carbocycles. The summed E-state index contributed by atoms with van der Waals surface area (Å²) in [4.78, 5) is 19.9. The van der Waals surface area contributed by atoms with Gasteiger partial charge >= 0.3 is 0 Å². The SMILES string of the molecule is CCNC(=NCCCN1CCCC1=O)NC1CCN(c2c(F)cccc2F)C1. The number of anilines is 1. The summed E-state index contributed by atoms with van der Waals surface area (Å²) in [5.41, 5.74) is 0.0454. The zero-order valence-electron chi connectivity index (χ0n) is 16.4. The number of nitrogens with zero attached hydrogens (tertiary/aromatic N) is 3. The van der Waals surface area contributed by atoms with Gasteiger partial charge in [0.1, 0.15) is 17.3 Å². The molecule has 0 radical (unpaired) electrons. The second-order valence-corrected chi connectivity index (χ2v) is 7.24. The van der Waals surface area contributed by atoms with Crippen molar-refractivity contribution in [3.8, 4) is 0 Å². The van der Waals surface area contributed by atoms with Crippen LogP contribution >= 0.6 is 0 Å². The van der Waals surface area contributed by atoms with Gasteiger partial charge in [0.2, 0.25) is 5.91 Å². The number of rotatable bonds is 7. The van der Waals surface area contributed by atoms with Gasteiger partial charge in [0, 0.05) is 51.7 Å². The fraction of sp³-hybridized carbons (Fsp3) is 0.600. The Bertz CT molecular complexity index is 692. The number of nitrogens with one attached hydrogen (secondary N) is 2. The van der Waals surface area contributed by atoms with Crippen LogP contribution in [-0.2, 0) is 4.79 Å². The first kappa shape index (κ1) is 20.4. The minimum Gasteiger partial charge on any atom is -0.365 e. The van der Waals surface area contributed by atoms with Crippen LogP contribution in [0.1, 0.15) is 32.6 Å². The minimum absolute atomic E-state index is 0.0454. The van der Waals surface area contributed by atoms with Gasteiger partial charge in [-0.25, -0.2) is 8.78 Å². The van der Waals surface area contributed by atoms with Crippen molar-refractivity contribution >= 4 is 17.6 Å². The maximum absolute atomic E-state index is 14.0. The normalized spacial score (nSPS) is 20.2. The number of para-hydroxylation sites is 1. The van der Waals surface area contributed by atoms with Crippen LogP contribution < -0.4 is 15.5 Å². The van der Waals surface area contributed by atoms with Crippen molar-refractivity contribution in [2.24, 2.45) is 4.99 Å². The van der Waals surface area contributed by atoms with E-state index in [0.717, 1.165) is 38.9 Å². The fourth-order valence-electron chi connectivity index (χ4n) is 3.78. The van der Waals surface area contributed by atoms with Crippen molar-refractivity contribution in [2.75, 3.05) is 44.2 Å². The summed E-state index contributed by atoms with van der Waals surface area (Å²) in [6.45, 7) is 6.05. The smallest absolute Gasteiger partial charge is 0.222 e. The van der Waals surface area contributed by atoms with E-state index in [4.69, 9.17) is 0 Å². The summed E-state index contributed by atoms with van der Waals surface area (Å²) < 4.78 is 28.0. The van der Waals surface area contributed by atoms with Gasteiger partial charge in [0.25, 0.3) is 0 Å². The average molecular weight is 393 g/mol. The third-order valence-electron chi connectivity index (χ3n) is 5.15. The van der Waals surface area contributed by atoms with Gasteiger partial charge < -0.3 is 20.4 Å². The molecule has 0 aliphatic carbocycles. The molecule has 2 heterocycles. The molecule has 1 unspecified atom stereocenters. The van der Waals surface area contributed by atoms with Gasteiger partial charge in [-0.1, -0.05) is 6.07 Å². The van der Waals surface area contributed by atoms with E-state index in [-0.39, 0.29) is 17.6 Å². The molecule has 154 valence electrons. The third kappa shape index (κ3) is 5.11. The van der Waals surface area contributed by atoms with E-state index < -0.39 is 11.6 Å². The van der Waals surface area contributed by atoms with Crippen LogP contribution in [0.5, 0.6) is 0 Å². The Morgan fingerprint density at radius 2 is 2.07 bits per heavy atom. The van der Waals surface area contributed by atoms with E-state index in [1.165, 1.54) is 18.2 Å². The predicted octanol–water partition coefficient (Wildman–Crippen LogP) is 2.11. The first-order valence-electron chi connectivity index (χ1n) is 10.1. The molecule has 1 atom stereocenters. The summed E-state index contributed by atoms with van der Waals surface area (Å²) in [6.07, 6.45) is 3.21. The second kappa shape index (κ2) is 9.71. The molecule has 0 spiro atoms. The quantitative estimate of drug-likeness (QED) is 0.423. The third-order valence-corrected chi connectivity index (χ3v) is 5.15. The largest absolute Gasteiger partial charge is 0.365 e. The Hall–Kier alpha value is -2.38. The molecule has 0 bridgehead atoms. The first-order chi connectivity index (χ1) is 13.6. The monoisotopic (exact) mass is 393 g/mol. The molecule has 0 aromatic heterocycles. The second-order valence-electron chi connectivity index (χ2n) is 7.24. The summed E-state index contributed by atoms with van der Waals surface area (Å²) in [6, 6.07) is 4.02. The topological polar surface area (TPSA) is 60.0 Å². The van der Waals surface area contributed by atoms with E-state index in [9.17, 15) is 13.6 Å². The highest BCUT2D eigenvalue weighted by atomic mass is 19.1. The summed E-state index contributed by atoms with van der Waals surface area (Å²) in [7, 11) is 0. The Morgan fingerprint density at radius 3 is 2.75 bits per heavy atom. The molecule has 2 aliphatic rings. The van der Waals surface area contributed by atoms with Crippen molar-refractivity contribution in [1.82, 2.24) is 15.5 Å². The molecule has 2 saturated heterocycles. The average Bonchev–Trinajstić information content (AvgIpc) is 3.28. The van der Waals surface area contributed by atoms with Crippen LogP contribution in [0.3, 0.4) is 0 Å². The Morgan fingerprint density at radius 1 is 1.29 bits per heavy atom. The molecule has 1 aromatic carbocycles. The summed E-state index contributed by atoms with van der Waals surface area (Å²) in [5.74, 6) is -0.119. The molecule has 3 rings (SSSR count). The van der Waals surface area contributed by atoms with Crippen molar-refractivity contribution in [1.29, 1.82) is 0 Å². The highest BCUT2D eigenvalue weighted by Crippen LogP contribution is 2.26. The van der Waals surface area contributed by atoms with Gasteiger partial charge in [-0.15, -0.1) is 0 Å². The maximum Gasteiger partial charge on any atom is 0.222 e. The summed E-state index contributed by atoms with van der Waals surface area (Å²) in [5, 5.41) is 6.58. The zero-order chi connectivity index (χ0) is 19.9. The number of amides is 1. The van der Waals surface area contributed by atoms with E-state index in [1.54, 1.807) is 4.90 Å². The molecule has 28 heavy (non-hydrogen) atoms. The number of halogens is 2. The number of carbonyl (C=O) groups excluding carboxylic acids is 1. The number of benzene rings is 1. The van der Waals surface area contributed by atoms with Crippen LogP contribution in [0.15, 0.2) is 23.2 Å². The lowest BCUT2D eigenvalue weighted by molar-refractivity contribution is -0.127. The number of guanidine groups is 1. The van der Waals surface area contributed by atoms with E-state index >= 15 is 0 Å². The van der Waals surface area contributed by atoms with Crippen LogP contribution in [0, 0.1) is 11.6 Å². The van der Waals surface area contributed by atoms with Gasteiger partial charge in [-0.2, -0.15) is 0 Å². The lowest BCUT2D eigenvalue weighted by Gasteiger charge is -2.21. The van der Waals surface area contributed by atoms with Crippen molar-refractivity contribution in [3.63, 3.8) is 0 Å². The molecule has 2 fully saturated rings. The van der Waals surface area contributed by atoms with E-state index in [2.05, 4.69) is 15.6 Å². The maximum atomic E-state index is 14.0. The standard InChI is InChI=1S/C20H29F2N5O/c1-2-23-20(24-10-5-12-26-11-4-8-18(26)28)25-15-9-13-27(14-15)19-16(21)6-3-7-17(19)22/h3,6-7,15H,2,4-5,8-14H2,1H3,(H2,23,24,25). The minimum atomic E-state index is -0.530. The first-order valence-corrected chi connectivity index (χ1v) is 10.1. The van der Waals surface area contributed by atoms with Crippen molar-refractivity contribution in [3.05, 3.63) is 29.8 Å². The lowest BCUT2D eigenvalue weighted by Crippen LogP contribution is -2.44. The zero-order valence-corrected chi connectivity index (χ0v) is 16.4. The van der Waals surface area contributed by atoms with E-state index in [0.29, 0.717) is 32.0 Å². The number of aliphatic imine (C=N–C) groups is 1. The Kier molecular flexibility index (Phi) is 7.06. The van der Waals surface area contributed by atoms with Gasteiger partial charge in [-0.05, 0) is 38.3 Å². The van der Waals surface area contributed by atoms with Crippen molar-refractivity contribution in [2.45, 2.75) is 38.6 Å². The number of hydrogen-bond donors (Lipinski definition) is 2. The molecule has 1 amide bonds. The van der Waals surface area contributed by atoms with Crippen LogP contribution in [0.25, 0.3) is 0 Å². The Balaban J connectivity index is 1.50. The van der Waals surface area contributed by atoms with Gasteiger partial charge in [0.05, 0.1) is 0 Å². The summed E-state index contributed by atoms with van der Waals surface area (Å²) >= 11 is 0. The predicted molar refractivity (Wildman–Crippen MR) is 107 cm³/mol. The van der Waals surface area contributed by atoms with Crippen LogP contribution in [0.4, 0.5) is 14.5 Å². The van der Waals surface area contributed by atoms with Gasteiger partial charge in [-0.3, -0.25) is 9.79 Å². The fourth-order valence-corrected chi connectivity index (χ4v) is 3.78. The molecular weight excluding hydrogens is 364 g/mol. The van der Waals surface area contributed by atoms with E-state index in [1.807, 2.05) is 11.8 Å². The van der Waals surface area contributed by atoms with Crippen molar-refractivity contribution < 1.29 is 13.6 Å². The molecule has 1 aromatic rings. The number of carbonyl (C=O) groups is 1. The number of likely N-dealkylation sites (tertiary alicyclic amines) is 1. The molecular formula is C20H29F2N5O. The Labute approximate surface area is 165 Å². The highest BCUT2D eigenvalue weighted by molar-refractivity contribution is 5.80. The molecule has 6 nitrogen and oxygen atoms in total. The molecule has 2 aliphatic heterocycles. The number of hydrogen-bond acceptors (Lipinski definition) is 3. The molecule has 2 N–H and O–H groups in total. The highest BCUT2D eigenvalue weighted by Gasteiger charge is 2.27. The van der Waals surface area contributed by atoms with Gasteiger partial charge in [0.15, 0.2) is 5.96 Å². The van der Waals surface area contributed by atoms with Crippen LogP contribution in [-0.4, -0.2) is 62.1 Å². The molecule has 8 heteroatoms.